The number of hydrogen-bond acceptors (Lipinski definition) is 9. The zero-order valence-corrected chi connectivity index (χ0v) is 30.4. The smallest absolute Gasteiger partial charge is 0.115 e. The van der Waals surface area contributed by atoms with Crippen LogP contribution < -0.4 is 0 Å². The minimum Gasteiger partial charge on any atom is -0.192 e. The second-order valence-electron chi connectivity index (χ2n) is 12.0. The first-order valence-electron chi connectivity index (χ1n) is 16.2. The molecule has 2 unspecified atom stereocenters. The van der Waals surface area contributed by atoms with Crippen molar-refractivity contribution in [1.29, 1.82) is 10.5 Å². The Hall–Kier alpha value is -2.66. The molecular formula is C36H38N4S5. The van der Waals surface area contributed by atoms with Gasteiger partial charge in [0.2, 0.25) is 0 Å². The van der Waals surface area contributed by atoms with Crippen molar-refractivity contribution >= 4 is 86.9 Å². The van der Waals surface area contributed by atoms with Crippen LogP contribution >= 0.6 is 57.1 Å². The average Bonchev–Trinajstić information content (AvgIpc) is 3.87. The maximum absolute atomic E-state index is 10.5. The van der Waals surface area contributed by atoms with Gasteiger partial charge in [-0.1, -0.05) is 79.1 Å². The number of fused-ring (bicyclic) bond motifs is 3. The zero-order valence-electron chi connectivity index (χ0n) is 26.4. The molecule has 0 fully saturated rings. The topological polar surface area (TPSA) is 73.4 Å². The van der Waals surface area contributed by atoms with E-state index in [2.05, 4.69) is 64.1 Å². The molecule has 0 bridgehead atoms. The van der Waals surface area contributed by atoms with Crippen LogP contribution in [0.5, 0.6) is 0 Å². The Morgan fingerprint density at radius 2 is 1.04 bits per heavy atom. The fourth-order valence-corrected chi connectivity index (χ4v) is 12.1. The SMILES string of the molecule is CCCCC(CC)Cc1cc2sc(-c3c(C#N)c(C#N)c(-c4cc5sc(CC(CC)CCCC)cc5s4)c4nsnc34)cc2s1. The molecule has 0 aliphatic heterocycles. The quantitative estimate of drug-likeness (QED) is 0.114. The number of aromatic nitrogens is 2. The number of rotatable bonds is 14. The molecule has 5 heterocycles. The van der Waals surface area contributed by atoms with E-state index in [1.165, 1.54) is 79.9 Å². The molecule has 5 aromatic heterocycles. The van der Waals surface area contributed by atoms with Crippen molar-refractivity contribution in [2.75, 3.05) is 0 Å². The molecule has 0 saturated carbocycles. The Kier molecular flexibility index (Phi) is 10.3. The van der Waals surface area contributed by atoms with Gasteiger partial charge >= 0.3 is 0 Å². The highest BCUT2D eigenvalue weighted by Crippen LogP contribution is 2.48. The normalized spacial score (nSPS) is 13.1. The molecule has 1 aromatic carbocycles. The predicted octanol–water partition coefficient (Wildman–Crippen LogP) is 12.8. The lowest BCUT2D eigenvalue weighted by molar-refractivity contribution is 0.452. The van der Waals surface area contributed by atoms with Crippen molar-refractivity contribution in [3.63, 3.8) is 0 Å². The van der Waals surface area contributed by atoms with E-state index in [0.717, 1.165) is 68.3 Å². The lowest BCUT2D eigenvalue weighted by atomic mass is 9.93. The highest BCUT2D eigenvalue weighted by Gasteiger charge is 2.27. The maximum Gasteiger partial charge on any atom is 0.115 e. The summed E-state index contributed by atoms with van der Waals surface area (Å²) in [6, 6.07) is 13.9. The van der Waals surface area contributed by atoms with E-state index >= 15 is 0 Å². The molecule has 6 aromatic rings. The van der Waals surface area contributed by atoms with Crippen LogP contribution in [0.4, 0.5) is 0 Å². The van der Waals surface area contributed by atoms with Gasteiger partial charge in [-0.3, -0.25) is 0 Å². The van der Waals surface area contributed by atoms with Crippen molar-refractivity contribution in [3.8, 4) is 33.0 Å². The summed E-state index contributed by atoms with van der Waals surface area (Å²) in [7, 11) is 0. The van der Waals surface area contributed by atoms with Crippen LogP contribution in [0.15, 0.2) is 24.3 Å². The van der Waals surface area contributed by atoms with E-state index < -0.39 is 0 Å². The van der Waals surface area contributed by atoms with E-state index in [1.54, 1.807) is 22.7 Å². The van der Waals surface area contributed by atoms with Crippen LogP contribution in [0.3, 0.4) is 0 Å². The summed E-state index contributed by atoms with van der Waals surface area (Å²) in [6.07, 6.45) is 12.3. The monoisotopic (exact) mass is 686 g/mol. The molecule has 6 rings (SSSR count). The van der Waals surface area contributed by atoms with E-state index in [-0.39, 0.29) is 0 Å². The van der Waals surface area contributed by atoms with Gasteiger partial charge in [0.05, 0.1) is 22.9 Å². The fraction of sp³-hybridized carbons (Fsp3) is 0.444. The van der Waals surface area contributed by atoms with Crippen LogP contribution in [0, 0.1) is 34.5 Å². The van der Waals surface area contributed by atoms with Crippen LogP contribution in [0.2, 0.25) is 0 Å². The molecule has 232 valence electrons. The van der Waals surface area contributed by atoms with Gasteiger partial charge in [0.25, 0.3) is 0 Å². The Labute approximate surface area is 286 Å². The van der Waals surface area contributed by atoms with Gasteiger partial charge < -0.3 is 0 Å². The van der Waals surface area contributed by atoms with Crippen molar-refractivity contribution in [1.82, 2.24) is 8.75 Å². The minimum atomic E-state index is 0.409. The molecule has 9 heteroatoms. The fourth-order valence-electron chi connectivity index (χ4n) is 6.38. The molecule has 0 radical (unpaired) electrons. The summed E-state index contributed by atoms with van der Waals surface area (Å²) >= 11 is 8.29. The van der Waals surface area contributed by atoms with Crippen LogP contribution in [-0.2, 0) is 12.8 Å². The van der Waals surface area contributed by atoms with Crippen molar-refractivity contribution in [2.45, 2.75) is 91.9 Å². The molecule has 0 aliphatic rings. The van der Waals surface area contributed by atoms with E-state index in [4.69, 9.17) is 8.75 Å². The first-order valence-corrected chi connectivity index (χ1v) is 20.2. The van der Waals surface area contributed by atoms with Gasteiger partial charge in [-0.2, -0.15) is 19.3 Å². The van der Waals surface area contributed by atoms with Crippen molar-refractivity contribution in [3.05, 3.63) is 45.1 Å². The van der Waals surface area contributed by atoms with Crippen molar-refractivity contribution in [2.24, 2.45) is 11.8 Å². The average molecular weight is 687 g/mol. The minimum absolute atomic E-state index is 0.409. The van der Waals surface area contributed by atoms with Crippen LogP contribution in [0.25, 0.3) is 50.7 Å². The Morgan fingerprint density at radius 1 is 0.622 bits per heavy atom. The van der Waals surface area contributed by atoms with Gasteiger partial charge in [-0.25, -0.2) is 0 Å². The second-order valence-corrected chi connectivity index (χ2v) is 17.1. The lowest BCUT2D eigenvalue weighted by Gasteiger charge is -2.12. The summed E-state index contributed by atoms with van der Waals surface area (Å²) in [4.78, 5) is 4.85. The molecule has 0 aliphatic carbocycles. The third-order valence-electron chi connectivity index (χ3n) is 9.01. The number of thiophene rings is 4. The highest BCUT2D eigenvalue weighted by molar-refractivity contribution is 7.30. The number of hydrogen-bond donors (Lipinski definition) is 0. The van der Waals surface area contributed by atoms with E-state index in [1.807, 2.05) is 22.7 Å². The van der Waals surface area contributed by atoms with Crippen LogP contribution in [-0.4, -0.2) is 8.75 Å². The van der Waals surface area contributed by atoms with Gasteiger partial charge in [0, 0.05) is 49.4 Å². The summed E-state index contributed by atoms with van der Waals surface area (Å²) in [5.74, 6) is 1.46. The Balaban J connectivity index is 1.37. The molecule has 45 heavy (non-hydrogen) atoms. The maximum atomic E-state index is 10.5. The number of unbranched alkanes of at least 4 members (excludes halogenated alkanes) is 2. The second kappa shape index (κ2) is 14.4. The molecule has 0 spiro atoms. The Morgan fingerprint density at radius 3 is 1.40 bits per heavy atom. The molecule has 0 N–H and O–H groups in total. The highest BCUT2D eigenvalue weighted by atomic mass is 32.1. The van der Waals surface area contributed by atoms with Gasteiger partial charge in [-0.05, 0) is 48.9 Å². The number of nitrogens with zero attached hydrogens (tertiary/aromatic N) is 4. The third-order valence-corrected chi connectivity index (χ3v) is 14.2. The van der Waals surface area contributed by atoms with Gasteiger partial charge in [0.15, 0.2) is 0 Å². The Bertz CT molecular complexity index is 1820. The van der Waals surface area contributed by atoms with Crippen molar-refractivity contribution < 1.29 is 0 Å². The molecule has 0 saturated heterocycles. The molecule has 0 amide bonds. The third kappa shape index (κ3) is 6.48. The summed E-state index contributed by atoms with van der Waals surface area (Å²) in [5, 5.41) is 21.0. The van der Waals surface area contributed by atoms with Gasteiger partial charge in [-0.15, -0.1) is 45.3 Å². The van der Waals surface area contributed by atoms with E-state index in [9.17, 15) is 10.5 Å². The number of nitriles is 2. The molecule has 4 nitrogen and oxygen atoms in total. The molecule has 2 atom stereocenters. The van der Waals surface area contributed by atoms with Gasteiger partial charge in [0.1, 0.15) is 23.2 Å². The zero-order chi connectivity index (χ0) is 31.5. The summed E-state index contributed by atoms with van der Waals surface area (Å²) in [6.45, 7) is 9.13. The predicted molar refractivity (Wildman–Crippen MR) is 198 cm³/mol. The standard InChI is InChI=1S/C36H38N4S5/c1-5-9-11-21(7-3)13-23-15-27-29(41-23)17-31(43-27)33-25(19-37)26(20-38)34(36-35(33)39-45-40-36)32-18-30-28(44-32)16-24(42-30)14-22(8-4)12-10-6-2/h15-18,21-22H,5-14H2,1-4H3. The first-order chi connectivity index (χ1) is 22.0. The van der Waals surface area contributed by atoms with Crippen LogP contribution in [0.1, 0.15) is 99.9 Å². The molecular weight excluding hydrogens is 649 g/mol. The first kappa shape index (κ1) is 32.3. The largest absolute Gasteiger partial charge is 0.192 e. The summed E-state index contributed by atoms with van der Waals surface area (Å²) < 4.78 is 14.4. The van der Waals surface area contributed by atoms with E-state index in [0.29, 0.717) is 11.1 Å². The lowest BCUT2D eigenvalue weighted by Crippen LogP contribution is -2.01. The summed E-state index contributed by atoms with van der Waals surface area (Å²) in [5.41, 5.74) is 3.78. The number of benzene rings is 1.